The van der Waals surface area contributed by atoms with Crippen LogP contribution in [0.2, 0.25) is 0 Å². The number of rotatable bonds is 3. The van der Waals surface area contributed by atoms with E-state index in [1.54, 1.807) is 4.57 Å². The van der Waals surface area contributed by atoms with Gasteiger partial charge in [-0.3, -0.25) is 14.3 Å². The maximum atomic E-state index is 11.8. The zero-order valence-electron chi connectivity index (χ0n) is 10.2. The average Bonchev–Trinajstić information content (AvgIpc) is 2.28. The Bertz CT molecular complexity index is 644. The van der Waals surface area contributed by atoms with Gasteiger partial charge in [0.2, 0.25) is 0 Å². The lowest BCUT2D eigenvalue weighted by Gasteiger charge is -2.14. The van der Waals surface area contributed by atoms with E-state index in [0.717, 1.165) is 4.90 Å². The lowest BCUT2D eigenvalue weighted by Crippen LogP contribution is -2.31. The molecule has 1 N–H and O–H groups in total. The van der Waals surface area contributed by atoms with Crippen LogP contribution in [0.25, 0.3) is 0 Å². The summed E-state index contributed by atoms with van der Waals surface area (Å²) < 4.78 is 1.58. The second-order valence-electron chi connectivity index (χ2n) is 4.16. The molecular weight excluding hydrogens is 248 g/mol. The molecule has 0 fully saturated rings. The standard InChI is InChI=1S/C13H14N2O2S/c1-9(2)15-12(8-11(16)14-13(15)17)18-10-6-4-3-5-7-10/h3-9H,1-2H3,(H,14,16,17). The summed E-state index contributed by atoms with van der Waals surface area (Å²) in [7, 11) is 0. The summed E-state index contributed by atoms with van der Waals surface area (Å²) in [5.41, 5.74) is -0.730. The van der Waals surface area contributed by atoms with Gasteiger partial charge in [-0.1, -0.05) is 30.0 Å². The summed E-state index contributed by atoms with van der Waals surface area (Å²) in [6.07, 6.45) is 0. The molecule has 5 heteroatoms. The highest BCUT2D eigenvalue weighted by molar-refractivity contribution is 7.99. The first-order valence-corrected chi connectivity index (χ1v) is 6.48. The minimum atomic E-state index is -0.365. The zero-order valence-corrected chi connectivity index (χ0v) is 11.0. The third-order valence-electron chi connectivity index (χ3n) is 2.42. The lowest BCUT2D eigenvalue weighted by atomic mass is 10.4. The SMILES string of the molecule is CC(C)n1c(Sc2ccccc2)cc(=O)[nH]c1=O. The van der Waals surface area contributed by atoms with E-state index in [1.165, 1.54) is 17.8 Å². The number of nitrogens with zero attached hydrogens (tertiary/aromatic N) is 1. The van der Waals surface area contributed by atoms with Crippen LogP contribution in [-0.2, 0) is 0 Å². The van der Waals surface area contributed by atoms with Gasteiger partial charge in [-0.2, -0.15) is 0 Å². The molecule has 2 rings (SSSR count). The summed E-state index contributed by atoms with van der Waals surface area (Å²) in [6, 6.07) is 11.1. The van der Waals surface area contributed by atoms with E-state index < -0.39 is 0 Å². The number of benzene rings is 1. The average molecular weight is 262 g/mol. The predicted octanol–water partition coefficient (Wildman–Crippen LogP) is 2.27. The fourth-order valence-electron chi connectivity index (χ4n) is 1.66. The summed E-state index contributed by atoms with van der Waals surface area (Å²) in [5.74, 6) is 0. The van der Waals surface area contributed by atoms with Gasteiger partial charge < -0.3 is 0 Å². The molecule has 0 aliphatic heterocycles. The van der Waals surface area contributed by atoms with Gasteiger partial charge in [0.1, 0.15) is 0 Å². The molecule has 94 valence electrons. The van der Waals surface area contributed by atoms with E-state index in [-0.39, 0.29) is 17.3 Å². The fraction of sp³-hybridized carbons (Fsp3) is 0.231. The highest BCUT2D eigenvalue weighted by Gasteiger charge is 2.10. The molecular formula is C13H14N2O2S. The number of nitrogens with one attached hydrogen (secondary N) is 1. The normalized spacial score (nSPS) is 10.8. The maximum absolute atomic E-state index is 11.8. The number of hydrogen-bond acceptors (Lipinski definition) is 3. The molecule has 0 unspecified atom stereocenters. The molecule has 0 saturated heterocycles. The van der Waals surface area contributed by atoms with Crippen LogP contribution in [0, 0.1) is 0 Å². The molecule has 0 bridgehead atoms. The second-order valence-corrected chi connectivity index (χ2v) is 5.25. The van der Waals surface area contributed by atoms with Crippen LogP contribution >= 0.6 is 11.8 Å². The number of aromatic nitrogens is 2. The van der Waals surface area contributed by atoms with Crippen molar-refractivity contribution in [1.82, 2.24) is 9.55 Å². The Morgan fingerprint density at radius 1 is 1.17 bits per heavy atom. The van der Waals surface area contributed by atoms with Crippen molar-refractivity contribution in [2.24, 2.45) is 0 Å². The molecule has 0 saturated carbocycles. The number of aromatic amines is 1. The highest BCUT2D eigenvalue weighted by Crippen LogP contribution is 2.26. The van der Waals surface area contributed by atoms with Crippen molar-refractivity contribution in [1.29, 1.82) is 0 Å². The maximum Gasteiger partial charge on any atom is 0.329 e. The summed E-state index contributed by atoms with van der Waals surface area (Å²) in [4.78, 5) is 26.5. The third kappa shape index (κ3) is 2.73. The summed E-state index contributed by atoms with van der Waals surface area (Å²) in [6.45, 7) is 3.82. The van der Waals surface area contributed by atoms with Crippen molar-refractivity contribution in [2.45, 2.75) is 29.8 Å². The van der Waals surface area contributed by atoms with E-state index in [9.17, 15) is 9.59 Å². The first-order chi connectivity index (χ1) is 8.58. The number of hydrogen-bond donors (Lipinski definition) is 1. The quantitative estimate of drug-likeness (QED) is 0.863. The Labute approximate surface area is 109 Å². The Morgan fingerprint density at radius 2 is 1.83 bits per heavy atom. The number of H-pyrrole nitrogens is 1. The van der Waals surface area contributed by atoms with Crippen LogP contribution in [-0.4, -0.2) is 9.55 Å². The molecule has 1 aromatic heterocycles. The second kappa shape index (κ2) is 5.27. The molecule has 0 amide bonds. The van der Waals surface area contributed by atoms with Gasteiger partial charge in [0.05, 0.1) is 5.03 Å². The molecule has 0 aliphatic carbocycles. The Balaban J connectivity index is 2.50. The van der Waals surface area contributed by atoms with Crippen molar-refractivity contribution in [2.75, 3.05) is 0 Å². The summed E-state index contributed by atoms with van der Waals surface area (Å²) in [5, 5.41) is 0.657. The topological polar surface area (TPSA) is 54.9 Å². The molecule has 1 aromatic carbocycles. The predicted molar refractivity (Wildman–Crippen MR) is 72.3 cm³/mol. The van der Waals surface area contributed by atoms with Crippen LogP contribution in [0.15, 0.2) is 55.9 Å². The van der Waals surface area contributed by atoms with Crippen LogP contribution in [0.5, 0.6) is 0 Å². The van der Waals surface area contributed by atoms with Crippen molar-refractivity contribution in [3.05, 3.63) is 57.2 Å². The van der Waals surface area contributed by atoms with Crippen LogP contribution < -0.4 is 11.2 Å². The molecule has 4 nitrogen and oxygen atoms in total. The van der Waals surface area contributed by atoms with Gasteiger partial charge in [0.15, 0.2) is 0 Å². The molecule has 18 heavy (non-hydrogen) atoms. The van der Waals surface area contributed by atoms with Crippen molar-refractivity contribution >= 4 is 11.8 Å². The Kier molecular flexibility index (Phi) is 3.72. The lowest BCUT2D eigenvalue weighted by molar-refractivity contribution is 0.515. The smallest absolute Gasteiger partial charge is 0.285 e. The Morgan fingerprint density at radius 3 is 2.44 bits per heavy atom. The van der Waals surface area contributed by atoms with E-state index in [4.69, 9.17) is 0 Å². The molecule has 2 aromatic rings. The van der Waals surface area contributed by atoms with Crippen molar-refractivity contribution < 1.29 is 0 Å². The van der Waals surface area contributed by atoms with Gasteiger partial charge in [-0.25, -0.2) is 4.79 Å². The minimum Gasteiger partial charge on any atom is -0.285 e. The van der Waals surface area contributed by atoms with E-state index in [1.807, 2.05) is 44.2 Å². The van der Waals surface area contributed by atoms with Gasteiger partial charge in [0, 0.05) is 17.0 Å². The largest absolute Gasteiger partial charge is 0.329 e. The van der Waals surface area contributed by atoms with Gasteiger partial charge >= 0.3 is 5.69 Å². The molecule has 1 heterocycles. The molecule has 0 atom stereocenters. The fourth-order valence-corrected chi connectivity index (χ4v) is 2.75. The van der Waals surface area contributed by atoms with Crippen molar-refractivity contribution in [3.63, 3.8) is 0 Å². The van der Waals surface area contributed by atoms with Crippen LogP contribution in [0.3, 0.4) is 0 Å². The van der Waals surface area contributed by atoms with Gasteiger partial charge in [-0.15, -0.1) is 0 Å². The van der Waals surface area contributed by atoms with E-state index >= 15 is 0 Å². The van der Waals surface area contributed by atoms with Crippen LogP contribution in [0.1, 0.15) is 19.9 Å². The van der Waals surface area contributed by atoms with E-state index in [0.29, 0.717) is 5.03 Å². The van der Waals surface area contributed by atoms with Gasteiger partial charge in [-0.05, 0) is 26.0 Å². The third-order valence-corrected chi connectivity index (χ3v) is 3.45. The van der Waals surface area contributed by atoms with Gasteiger partial charge in [0.25, 0.3) is 5.56 Å². The molecule has 0 aliphatic rings. The highest BCUT2D eigenvalue weighted by atomic mass is 32.2. The Hall–Kier alpha value is -1.75. The summed E-state index contributed by atoms with van der Waals surface area (Å²) >= 11 is 1.41. The van der Waals surface area contributed by atoms with Crippen molar-refractivity contribution in [3.8, 4) is 0 Å². The monoisotopic (exact) mass is 262 g/mol. The minimum absolute atomic E-state index is 0.000521. The zero-order chi connectivity index (χ0) is 13.1. The van der Waals surface area contributed by atoms with Crippen LogP contribution in [0.4, 0.5) is 0 Å². The first kappa shape index (κ1) is 12.7. The first-order valence-electron chi connectivity index (χ1n) is 5.66. The molecule has 0 radical (unpaired) electrons. The molecule has 0 spiro atoms. The van der Waals surface area contributed by atoms with E-state index in [2.05, 4.69) is 4.98 Å².